The maximum absolute atomic E-state index is 12.5. The van der Waals surface area contributed by atoms with Crippen LogP contribution in [0.3, 0.4) is 0 Å². The van der Waals surface area contributed by atoms with Crippen molar-refractivity contribution in [3.8, 4) is 5.75 Å². The van der Waals surface area contributed by atoms with E-state index in [9.17, 15) is 8.42 Å². The largest absolute Gasteiger partial charge is 0.495 e. The Labute approximate surface area is 135 Å². The summed E-state index contributed by atoms with van der Waals surface area (Å²) in [7, 11) is -2.13. The highest BCUT2D eigenvalue weighted by molar-refractivity contribution is 7.89. The smallest absolute Gasteiger partial charge is 0.244 e. The molecule has 2 rings (SSSR count). The highest BCUT2D eigenvalue weighted by atomic mass is 32.2. The number of thiazole rings is 1. The van der Waals surface area contributed by atoms with Crippen LogP contribution < -0.4 is 9.46 Å². The van der Waals surface area contributed by atoms with E-state index in [1.165, 1.54) is 18.4 Å². The summed E-state index contributed by atoms with van der Waals surface area (Å²) in [4.78, 5) is 4.50. The number of ether oxygens (including phenoxy) is 1. The van der Waals surface area contributed by atoms with E-state index in [2.05, 4.69) is 9.71 Å². The van der Waals surface area contributed by atoms with Crippen molar-refractivity contribution in [3.63, 3.8) is 0 Å². The minimum Gasteiger partial charge on any atom is -0.495 e. The van der Waals surface area contributed by atoms with Crippen LogP contribution in [0.15, 0.2) is 22.4 Å². The Balaban J connectivity index is 2.14. The van der Waals surface area contributed by atoms with E-state index < -0.39 is 10.0 Å². The first-order valence-corrected chi connectivity index (χ1v) is 9.25. The molecule has 7 heteroatoms. The van der Waals surface area contributed by atoms with Gasteiger partial charge in [0.05, 0.1) is 12.1 Å². The van der Waals surface area contributed by atoms with Crippen LogP contribution >= 0.6 is 11.3 Å². The molecule has 0 fully saturated rings. The molecule has 5 nitrogen and oxygen atoms in total. The third kappa shape index (κ3) is 3.85. The zero-order valence-corrected chi connectivity index (χ0v) is 14.8. The number of hydrogen-bond donors (Lipinski definition) is 1. The predicted molar refractivity (Wildman–Crippen MR) is 88.2 cm³/mol. The molecule has 0 aliphatic carbocycles. The van der Waals surface area contributed by atoms with Crippen LogP contribution in [0.4, 0.5) is 0 Å². The van der Waals surface area contributed by atoms with Crippen LogP contribution in [0.2, 0.25) is 0 Å². The van der Waals surface area contributed by atoms with Crippen LogP contribution in [0.1, 0.15) is 21.8 Å². The lowest BCUT2D eigenvalue weighted by Crippen LogP contribution is -2.26. The average Bonchev–Trinajstić information content (AvgIpc) is 2.86. The SMILES string of the molecule is COc1cc(C)c(C)cc1S(=O)(=O)NCCc1nc(C)cs1. The van der Waals surface area contributed by atoms with E-state index in [1.54, 1.807) is 12.1 Å². The first-order chi connectivity index (χ1) is 10.3. The molecule has 2 aromatic rings. The third-order valence-corrected chi connectivity index (χ3v) is 5.88. The Bertz CT molecular complexity index is 767. The molecular weight excluding hydrogens is 320 g/mol. The van der Waals surface area contributed by atoms with Gasteiger partial charge in [0.25, 0.3) is 0 Å². The second-order valence-corrected chi connectivity index (χ2v) is 7.80. The van der Waals surface area contributed by atoms with Gasteiger partial charge in [-0.1, -0.05) is 0 Å². The van der Waals surface area contributed by atoms with E-state index in [0.717, 1.165) is 21.8 Å². The molecule has 1 heterocycles. The third-order valence-electron chi connectivity index (χ3n) is 3.37. The minimum absolute atomic E-state index is 0.174. The maximum Gasteiger partial charge on any atom is 0.244 e. The quantitative estimate of drug-likeness (QED) is 0.878. The Morgan fingerprint density at radius 3 is 2.50 bits per heavy atom. The zero-order valence-electron chi connectivity index (χ0n) is 13.1. The van der Waals surface area contributed by atoms with Crippen molar-refractivity contribution in [1.29, 1.82) is 0 Å². The van der Waals surface area contributed by atoms with Crippen molar-refractivity contribution in [3.05, 3.63) is 39.3 Å². The highest BCUT2D eigenvalue weighted by Gasteiger charge is 2.20. The second-order valence-electron chi connectivity index (χ2n) is 5.12. The minimum atomic E-state index is -3.60. The number of hydrogen-bond acceptors (Lipinski definition) is 5. The fourth-order valence-corrected chi connectivity index (χ4v) is 4.06. The summed E-state index contributed by atoms with van der Waals surface area (Å²) in [6, 6.07) is 3.39. The number of aromatic nitrogens is 1. The Morgan fingerprint density at radius 1 is 1.23 bits per heavy atom. The lowest BCUT2D eigenvalue weighted by molar-refractivity contribution is 0.402. The van der Waals surface area contributed by atoms with Gasteiger partial charge in [0.15, 0.2) is 0 Å². The number of benzene rings is 1. The molecular formula is C15H20N2O3S2. The molecule has 0 spiro atoms. The van der Waals surface area contributed by atoms with Crippen molar-refractivity contribution in [2.45, 2.75) is 32.1 Å². The van der Waals surface area contributed by atoms with Gasteiger partial charge in [-0.15, -0.1) is 11.3 Å². The zero-order chi connectivity index (χ0) is 16.3. The number of rotatable bonds is 6. The summed E-state index contributed by atoms with van der Waals surface area (Å²) in [5.41, 5.74) is 2.87. The molecule has 0 saturated heterocycles. The molecule has 0 unspecified atom stereocenters. The summed E-state index contributed by atoms with van der Waals surface area (Å²) in [5, 5.41) is 2.88. The van der Waals surface area contributed by atoms with Gasteiger partial charge in [-0.25, -0.2) is 18.1 Å². The molecule has 1 N–H and O–H groups in total. The molecule has 1 aromatic heterocycles. The summed E-state index contributed by atoms with van der Waals surface area (Å²) >= 11 is 1.54. The van der Waals surface area contributed by atoms with Gasteiger partial charge in [0.2, 0.25) is 10.0 Å². The van der Waals surface area contributed by atoms with Crippen LogP contribution in [-0.4, -0.2) is 27.1 Å². The molecule has 0 atom stereocenters. The topological polar surface area (TPSA) is 68.3 Å². The van der Waals surface area contributed by atoms with E-state index in [1.807, 2.05) is 26.2 Å². The van der Waals surface area contributed by atoms with Crippen molar-refractivity contribution >= 4 is 21.4 Å². The maximum atomic E-state index is 12.5. The number of aryl methyl sites for hydroxylation is 3. The second kappa shape index (κ2) is 6.76. The molecule has 22 heavy (non-hydrogen) atoms. The highest BCUT2D eigenvalue weighted by Crippen LogP contribution is 2.27. The van der Waals surface area contributed by atoms with Gasteiger partial charge in [-0.3, -0.25) is 0 Å². The molecule has 120 valence electrons. The average molecular weight is 340 g/mol. The van der Waals surface area contributed by atoms with Crippen LogP contribution in [0.25, 0.3) is 0 Å². The normalized spacial score (nSPS) is 11.6. The Morgan fingerprint density at radius 2 is 1.91 bits per heavy atom. The summed E-state index contributed by atoms with van der Waals surface area (Å²) in [5.74, 6) is 0.362. The fourth-order valence-electron chi connectivity index (χ4n) is 2.02. The number of methoxy groups -OCH3 is 1. The monoisotopic (exact) mass is 340 g/mol. The van der Waals surface area contributed by atoms with E-state index in [-0.39, 0.29) is 4.90 Å². The first kappa shape index (κ1) is 16.9. The van der Waals surface area contributed by atoms with Gasteiger partial charge in [-0.2, -0.15) is 0 Å². The number of sulfonamides is 1. The number of nitrogens with zero attached hydrogens (tertiary/aromatic N) is 1. The summed E-state index contributed by atoms with van der Waals surface area (Å²) < 4.78 is 32.7. The van der Waals surface area contributed by atoms with Gasteiger partial charge in [0.1, 0.15) is 10.6 Å². The van der Waals surface area contributed by atoms with E-state index in [4.69, 9.17) is 4.74 Å². The Hall–Kier alpha value is -1.44. The van der Waals surface area contributed by atoms with Crippen molar-refractivity contribution in [2.75, 3.05) is 13.7 Å². The molecule has 0 aliphatic heterocycles. The molecule has 0 aliphatic rings. The first-order valence-electron chi connectivity index (χ1n) is 6.89. The van der Waals surface area contributed by atoms with Gasteiger partial charge >= 0.3 is 0 Å². The van der Waals surface area contributed by atoms with Crippen molar-refractivity contribution in [1.82, 2.24) is 9.71 Å². The van der Waals surface area contributed by atoms with E-state index in [0.29, 0.717) is 18.7 Å². The van der Waals surface area contributed by atoms with Gasteiger partial charge in [0, 0.05) is 24.0 Å². The van der Waals surface area contributed by atoms with Crippen LogP contribution in [0, 0.1) is 20.8 Å². The Kier molecular flexibility index (Phi) is 5.20. The molecule has 0 bridgehead atoms. The summed E-state index contributed by atoms with van der Waals surface area (Å²) in [6.45, 7) is 6.04. The van der Waals surface area contributed by atoms with Crippen molar-refractivity contribution in [2.24, 2.45) is 0 Å². The fraction of sp³-hybridized carbons (Fsp3) is 0.400. The molecule has 0 saturated carbocycles. The lowest BCUT2D eigenvalue weighted by Gasteiger charge is -2.13. The molecule has 0 amide bonds. The van der Waals surface area contributed by atoms with E-state index >= 15 is 0 Å². The standard InChI is InChI=1S/C15H20N2O3S2/c1-10-7-13(20-4)14(8-11(10)2)22(18,19)16-6-5-15-17-12(3)9-21-15/h7-9,16H,5-6H2,1-4H3. The summed E-state index contributed by atoms with van der Waals surface area (Å²) in [6.07, 6.45) is 0.574. The van der Waals surface area contributed by atoms with Gasteiger partial charge in [-0.05, 0) is 44.0 Å². The van der Waals surface area contributed by atoms with Gasteiger partial charge < -0.3 is 4.74 Å². The van der Waals surface area contributed by atoms with Crippen molar-refractivity contribution < 1.29 is 13.2 Å². The molecule has 0 radical (unpaired) electrons. The number of nitrogens with one attached hydrogen (secondary N) is 1. The predicted octanol–water partition coefficient (Wildman–Crippen LogP) is 2.60. The van der Waals surface area contributed by atoms with Crippen LogP contribution in [-0.2, 0) is 16.4 Å². The van der Waals surface area contributed by atoms with Crippen LogP contribution in [0.5, 0.6) is 5.75 Å². The molecule has 1 aromatic carbocycles. The lowest BCUT2D eigenvalue weighted by atomic mass is 10.1.